The summed E-state index contributed by atoms with van der Waals surface area (Å²) < 4.78 is 17.3. The van der Waals surface area contributed by atoms with Crippen LogP contribution in [0, 0.1) is 5.82 Å². The molecule has 0 aromatic heterocycles. The molecule has 2 unspecified atom stereocenters. The average Bonchev–Trinajstić information content (AvgIpc) is 2.35. The number of aliphatic hydroxyl groups is 2. The number of hydrogen-bond acceptors (Lipinski definition) is 5. The van der Waals surface area contributed by atoms with Crippen molar-refractivity contribution in [1.29, 1.82) is 0 Å². The van der Waals surface area contributed by atoms with Gasteiger partial charge in [0.1, 0.15) is 18.2 Å². The minimum atomic E-state index is -1.83. The zero-order valence-electron chi connectivity index (χ0n) is 8.96. The number of carbonyl (C=O) groups is 2. The number of esters is 1. The molecule has 0 amide bonds. The van der Waals surface area contributed by atoms with E-state index in [1.54, 1.807) is 0 Å². The van der Waals surface area contributed by atoms with Crippen LogP contribution in [0.15, 0.2) is 18.2 Å². The maximum atomic E-state index is 13.1. The van der Waals surface area contributed by atoms with Crippen molar-refractivity contribution in [2.24, 2.45) is 0 Å². The van der Waals surface area contributed by atoms with Crippen molar-refractivity contribution < 1.29 is 28.9 Å². The number of methoxy groups -OCH3 is 1. The van der Waals surface area contributed by atoms with Gasteiger partial charge in [-0.25, -0.2) is 9.18 Å². The van der Waals surface area contributed by atoms with Gasteiger partial charge in [0.15, 0.2) is 6.10 Å². The Morgan fingerprint density at radius 2 is 2.06 bits per heavy atom. The molecule has 5 nitrogen and oxygen atoms in total. The first-order valence-electron chi connectivity index (χ1n) is 4.69. The van der Waals surface area contributed by atoms with Gasteiger partial charge in [0, 0.05) is 5.56 Å². The first-order valence-corrected chi connectivity index (χ1v) is 4.69. The van der Waals surface area contributed by atoms with E-state index in [-0.39, 0.29) is 11.1 Å². The Kier molecular flexibility index (Phi) is 4.30. The zero-order chi connectivity index (χ0) is 13.0. The third kappa shape index (κ3) is 3.08. The normalized spacial score (nSPS) is 13.9. The van der Waals surface area contributed by atoms with E-state index in [1.165, 1.54) is 6.07 Å². The van der Waals surface area contributed by atoms with E-state index in [0.29, 0.717) is 6.29 Å². The van der Waals surface area contributed by atoms with E-state index in [2.05, 4.69) is 4.74 Å². The summed E-state index contributed by atoms with van der Waals surface area (Å²) in [6.07, 6.45) is -3.10. The second-order valence-corrected chi connectivity index (χ2v) is 3.35. The van der Waals surface area contributed by atoms with Crippen LogP contribution in [0.1, 0.15) is 22.0 Å². The SMILES string of the molecule is COC(=O)C(O)C(O)c1cc(F)cc(C=O)c1. The maximum absolute atomic E-state index is 13.1. The average molecular weight is 242 g/mol. The molecular formula is C11H11FO5. The predicted molar refractivity (Wildman–Crippen MR) is 54.8 cm³/mol. The summed E-state index contributed by atoms with van der Waals surface area (Å²) in [7, 11) is 1.04. The molecule has 0 aliphatic heterocycles. The van der Waals surface area contributed by atoms with Crippen LogP contribution in [0.4, 0.5) is 4.39 Å². The lowest BCUT2D eigenvalue weighted by molar-refractivity contribution is -0.156. The first kappa shape index (κ1) is 13.3. The van der Waals surface area contributed by atoms with E-state index < -0.39 is 24.0 Å². The van der Waals surface area contributed by atoms with Crippen molar-refractivity contribution in [2.45, 2.75) is 12.2 Å². The fourth-order valence-corrected chi connectivity index (χ4v) is 1.31. The maximum Gasteiger partial charge on any atom is 0.337 e. The molecule has 0 fully saturated rings. The third-order valence-electron chi connectivity index (χ3n) is 2.16. The summed E-state index contributed by atoms with van der Waals surface area (Å²) in [6.45, 7) is 0. The number of carbonyl (C=O) groups excluding carboxylic acids is 2. The highest BCUT2D eigenvalue weighted by Crippen LogP contribution is 2.20. The van der Waals surface area contributed by atoms with Gasteiger partial charge in [0.25, 0.3) is 0 Å². The number of ether oxygens (including phenoxy) is 1. The van der Waals surface area contributed by atoms with Crippen molar-refractivity contribution >= 4 is 12.3 Å². The number of hydrogen-bond donors (Lipinski definition) is 2. The van der Waals surface area contributed by atoms with Gasteiger partial charge in [-0.05, 0) is 23.8 Å². The molecule has 0 aliphatic carbocycles. The summed E-state index contributed by atoms with van der Waals surface area (Å²) in [5.41, 5.74) is -0.0823. The molecule has 0 spiro atoms. The van der Waals surface area contributed by atoms with Gasteiger partial charge in [-0.15, -0.1) is 0 Å². The van der Waals surface area contributed by atoms with Gasteiger partial charge < -0.3 is 14.9 Å². The van der Waals surface area contributed by atoms with Crippen molar-refractivity contribution in [3.8, 4) is 0 Å². The van der Waals surface area contributed by atoms with Crippen LogP contribution in [0.2, 0.25) is 0 Å². The van der Waals surface area contributed by atoms with Gasteiger partial charge in [-0.1, -0.05) is 0 Å². The quantitative estimate of drug-likeness (QED) is 0.582. The minimum absolute atomic E-state index is 0.00360. The highest BCUT2D eigenvalue weighted by molar-refractivity contribution is 5.77. The molecular weight excluding hydrogens is 231 g/mol. The summed E-state index contributed by atoms with van der Waals surface area (Å²) in [4.78, 5) is 21.5. The van der Waals surface area contributed by atoms with Crippen LogP contribution < -0.4 is 0 Å². The van der Waals surface area contributed by atoms with Gasteiger partial charge in [0.2, 0.25) is 0 Å². The molecule has 0 heterocycles. The van der Waals surface area contributed by atoms with Crippen LogP contribution in [0.5, 0.6) is 0 Å². The van der Waals surface area contributed by atoms with Crippen molar-refractivity contribution in [1.82, 2.24) is 0 Å². The van der Waals surface area contributed by atoms with Gasteiger partial charge in [-0.3, -0.25) is 4.79 Å². The number of benzene rings is 1. The molecule has 1 aromatic rings. The lowest BCUT2D eigenvalue weighted by Crippen LogP contribution is -2.29. The van der Waals surface area contributed by atoms with Crippen molar-refractivity contribution in [3.05, 3.63) is 35.1 Å². The van der Waals surface area contributed by atoms with Crippen LogP contribution in [-0.2, 0) is 9.53 Å². The summed E-state index contributed by atoms with van der Waals surface area (Å²) >= 11 is 0. The Balaban J connectivity index is 3.03. The molecule has 1 rings (SSSR count). The second-order valence-electron chi connectivity index (χ2n) is 3.35. The number of rotatable bonds is 4. The van der Waals surface area contributed by atoms with E-state index >= 15 is 0 Å². The Morgan fingerprint density at radius 1 is 1.41 bits per heavy atom. The fourth-order valence-electron chi connectivity index (χ4n) is 1.31. The fraction of sp³-hybridized carbons (Fsp3) is 0.273. The minimum Gasteiger partial charge on any atom is -0.467 e. The lowest BCUT2D eigenvalue weighted by Gasteiger charge is -2.16. The summed E-state index contributed by atoms with van der Waals surface area (Å²) in [5.74, 6) is -1.80. The van der Waals surface area contributed by atoms with E-state index in [4.69, 9.17) is 0 Å². The molecule has 0 saturated heterocycles. The first-order chi connectivity index (χ1) is 7.99. The molecule has 2 atom stereocenters. The molecule has 17 heavy (non-hydrogen) atoms. The number of aldehydes is 1. The Morgan fingerprint density at radius 3 is 2.59 bits per heavy atom. The standard InChI is InChI=1S/C11H11FO5/c1-17-11(16)10(15)9(14)7-2-6(5-13)3-8(12)4-7/h2-5,9-10,14-15H,1H3. The van der Waals surface area contributed by atoms with Gasteiger partial charge >= 0.3 is 5.97 Å². The van der Waals surface area contributed by atoms with Crippen LogP contribution in [0.25, 0.3) is 0 Å². The van der Waals surface area contributed by atoms with Crippen molar-refractivity contribution in [3.63, 3.8) is 0 Å². The highest BCUT2D eigenvalue weighted by Gasteiger charge is 2.27. The molecule has 1 aromatic carbocycles. The highest BCUT2D eigenvalue weighted by atomic mass is 19.1. The predicted octanol–water partition coefficient (Wildman–Crippen LogP) is 0.206. The van der Waals surface area contributed by atoms with Crippen LogP contribution in [-0.4, -0.2) is 35.7 Å². The van der Waals surface area contributed by atoms with Gasteiger partial charge in [0.05, 0.1) is 7.11 Å². The zero-order valence-corrected chi connectivity index (χ0v) is 8.96. The summed E-state index contributed by atoms with van der Waals surface area (Å²) in [6, 6.07) is 3.06. The molecule has 6 heteroatoms. The molecule has 0 saturated carbocycles. The smallest absolute Gasteiger partial charge is 0.337 e. The van der Waals surface area contributed by atoms with E-state index in [0.717, 1.165) is 19.2 Å². The topological polar surface area (TPSA) is 83.8 Å². The monoisotopic (exact) mass is 242 g/mol. The molecule has 0 radical (unpaired) electrons. The van der Waals surface area contributed by atoms with Crippen LogP contribution in [0.3, 0.4) is 0 Å². The third-order valence-corrected chi connectivity index (χ3v) is 2.16. The van der Waals surface area contributed by atoms with Crippen LogP contribution >= 0.6 is 0 Å². The Labute approximate surface area is 96.4 Å². The largest absolute Gasteiger partial charge is 0.467 e. The number of halogens is 1. The van der Waals surface area contributed by atoms with E-state index in [9.17, 15) is 24.2 Å². The second kappa shape index (κ2) is 5.51. The molecule has 92 valence electrons. The molecule has 2 N–H and O–H groups in total. The number of aliphatic hydroxyl groups excluding tert-OH is 2. The van der Waals surface area contributed by atoms with Crippen molar-refractivity contribution in [2.75, 3.05) is 7.11 Å². The van der Waals surface area contributed by atoms with Gasteiger partial charge in [-0.2, -0.15) is 0 Å². The van der Waals surface area contributed by atoms with E-state index in [1.807, 2.05) is 0 Å². The molecule has 0 bridgehead atoms. The Bertz CT molecular complexity index is 432. The summed E-state index contributed by atoms with van der Waals surface area (Å²) in [5, 5.41) is 19.0. The molecule has 0 aliphatic rings. The lowest BCUT2D eigenvalue weighted by atomic mass is 10.0. The Hall–Kier alpha value is -1.79.